The summed E-state index contributed by atoms with van der Waals surface area (Å²) < 4.78 is 22.2. The Labute approximate surface area is 219 Å². The van der Waals surface area contributed by atoms with E-state index in [0.717, 1.165) is 43.4 Å². The first kappa shape index (κ1) is 26.1. The maximum atomic E-state index is 13.1. The fraction of sp³-hybridized carbons (Fsp3) is 0.700. The average molecular weight is 513 g/mol. The zero-order chi connectivity index (χ0) is 26.4. The van der Waals surface area contributed by atoms with Crippen LogP contribution in [-0.4, -0.2) is 42.3 Å². The SMILES string of the molecule is CCC(C)c1ccc(OCC(=O)OC2CC(C(=O)OC(C)(C)C34CC5CC(CC(C5)C3)C4)OC2=O)cc1. The summed E-state index contributed by atoms with van der Waals surface area (Å²) in [6.45, 7) is 7.98. The van der Waals surface area contributed by atoms with Gasteiger partial charge in [-0.2, -0.15) is 0 Å². The second-order valence-corrected chi connectivity index (χ2v) is 12.4. The lowest BCUT2D eigenvalue weighted by atomic mass is 9.46. The van der Waals surface area contributed by atoms with E-state index in [9.17, 15) is 14.4 Å². The number of benzene rings is 1. The van der Waals surface area contributed by atoms with E-state index >= 15 is 0 Å². The molecule has 4 bridgehead atoms. The Morgan fingerprint density at radius 3 is 2.19 bits per heavy atom. The molecule has 7 nitrogen and oxygen atoms in total. The summed E-state index contributed by atoms with van der Waals surface area (Å²) in [5.74, 6) is 1.24. The molecule has 0 radical (unpaired) electrons. The van der Waals surface area contributed by atoms with Gasteiger partial charge >= 0.3 is 17.9 Å². The molecule has 3 unspecified atom stereocenters. The van der Waals surface area contributed by atoms with Gasteiger partial charge in [-0.05, 0) is 100 Å². The molecule has 4 aliphatic carbocycles. The molecule has 1 aliphatic heterocycles. The summed E-state index contributed by atoms with van der Waals surface area (Å²) in [6, 6.07) is 7.58. The third kappa shape index (κ3) is 5.23. The largest absolute Gasteiger partial charge is 0.482 e. The quantitative estimate of drug-likeness (QED) is 0.326. The van der Waals surface area contributed by atoms with Crippen LogP contribution in [0, 0.1) is 23.2 Å². The molecule has 7 heteroatoms. The molecule has 5 fully saturated rings. The smallest absolute Gasteiger partial charge is 0.348 e. The van der Waals surface area contributed by atoms with E-state index in [1.807, 2.05) is 38.1 Å². The van der Waals surface area contributed by atoms with Gasteiger partial charge in [0, 0.05) is 11.8 Å². The number of hydrogen-bond acceptors (Lipinski definition) is 7. The number of rotatable bonds is 9. The van der Waals surface area contributed by atoms with Crippen molar-refractivity contribution in [3.05, 3.63) is 29.8 Å². The Morgan fingerprint density at radius 2 is 1.62 bits per heavy atom. The van der Waals surface area contributed by atoms with Crippen LogP contribution in [-0.2, 0) is 28.6 Å². The van der Waals surface area contributed by atoms with Gasteiger partial charge in [0.25, 0.3) is 0 Å². The first-order chi connectivity index (χ1) is 17.6. The zero-order valence-electron chi connectivity index (χ0n) is 22.5. The summed E-state index contributed by atoms with van der Waals surface area (Å²) in [5, 5.41) is 0. The van der Waals surface area contributed by atoms with E-state index in [4.69, 9.17) is 18.9 Å². The van der Waals surface area contributed by atoms with E-state index in [1.165, 1.54) is 24.8 Å². The van der Waals surface area contributed by atoms with Crippen molar-refractivity contribution in [3.8, 4) is 5.75 Å². The van der Waals surface area contributed by atoms with Crippen LogP contribution in [0.25, 0.3) is 0 Å². The normalized spacial score (nSPS) is 33.1. The topological polar surface area (TPSA) is 88.1 Å². The monoisotopic (exact) mass is 512 g/mol. The highest BCUT2D eigenvalue weighted by molar-refractivity contribution is 5.87. The number of esters is 3. The molecule has 0 aromatic heterocycles. The van der Waals surface area contributed by atoms with Crippen molar-refractivity contribution in [1.29, 1.82) is 0 Å². The van der Waals surface area contributed by atoms with E-state index in [2.05, 4.69) is 13.8 Å². The minimum absolute atomic E-state index is 0.00396. The molecular weight excluding hydrogens is 472 g/mol. The predicted molar refractivity (Wildman–Crippen MR) is 136 cm³/mol. The Morgan fingerprint density at radius 1 is 1.03 bits per heavy atom. The first-order valence-corrected chi connectivity index (χ1v) is 13.9. The maximum Gasteiger partial charge on any atom is 0.348 e. The van der Waals surface area contributed by atoms with Crippen LogP contribution in [0.3, 0.4) is 0 Å². The lowest BCUT2D eigenvalue weighted by molar-refractivity contribution is -0.206. The van der Waals surface area contributed by atoms with Gasteiger partial charge in [0.2, 0.25) is 12.2 Å². The van der Waals surface area contributed by atoms with Crippen LogP contribution >= 0.6 is 0 Å². The third-order valence-electron chi connectivity index (χ3n) is 9.58. The third-order valence-corrected chi connectivity index (χ3v) is 9.58. The molecule has 0 N–H and O–H groups in total. The number of ether oxygens (including phenoxy) is 4. The summed E-state index contributed by atoms with van der Waals surface area (Å²) in [4.78, 5) is 37.8. The molecule has 0 amide bonds. The summed E-state index contributed by atoms with van der Waals surface area (Å²) in [7, 11) is 0. The van der Waals surface area contributed by atoms with E-state index < -0.39 is 35.7 Å². The fourth-order valence-corrected chi connectivity index (χ4v) is 7.53. The predicted octanol–water partition coefficient (Wildman–Crippen LogP) is 5.34. The van der Waals surface area contributed by atoms with Crippen molar-refractivity contribution in [3.63, 3.8) is 0 Å². The van der Waals surface area contributed by atoms with Crippen molar-refractivity contribution in [2.45, 2.75) is 103 Å². The molecule has 0 spiro atoms. The van der Waals surface area contributed by atoms with Crippen LogP contribution in [0.5, 0.6) is 5.75 Å². The van der Waals surface area contributed by atoms with Crippen molar-refractivity contribution in [2.75, 3.05) is 6.61 Å². The van der Waals surface area contributed by atoms with E-state index in [-0.39, 0.29) is 18.4 Å². The van der Waals surface area contributed by atoms with Crippen LogP contribution in [0.4, 0.5) is 0 Å². The standard InChI is InChI=1S/C30H40O7/c1-5-18(2)22-6-8-23(9-7-22)34-17-26(31)35-24-13-25(36-27(24)32)28(33)37-29(3,4)30-14-19-10-20(15-30)12-21(11-19)16-30/h6-9,18-21,24-25H,5,10-17H2,1-4H3. The molecule has 1 aromatic carbocycles. The minimum Gasteiger partial charge on any atom is -0.482 e. The lowest BCUT2D eigenvalue weighted by Gasteiger charge is -2.61. The van der Waals surface area contributed by atoms with Crippen molar-refractivity contribution < 1.29 is 33.3 Å². The number of cyclic esters (lactones) is 1. The van der Waals surface area contributed by atoms with E-state index in [0.29, 0.717) is 11.7 Å². The van der Waals surface area contributed by atoms with Crippen LogP contribution in [0.15, 0.2) is 24.3 Å². The van der Waals surface area contributed by atoms with Crippen LogP contribution in [0.1, 0.15) is 90.5 Å². The van der Waals surface area contributed by atoms with Gasteiger partial charge in [-0.3, -0.25) is 0 Å². The van der Waals surface area contributed by atoms with Gasteiger partial charge in [0.15, 0.2) is 6.61 Å². The van der Waals surface area contributed by atoms with Gasteiger partial charge in [0.05, 0.1) is 0 Å². The Bertz CT molecular complexity index is 992. The molecular formula is C30H40O7. The van der Waals surface area contributed by atoms with Gasteiger partial charge in [-0.15, -0.1) is 0 Å². The highest BCUT2D eigenvalue weighted by Crippen LogP contribution is 2.64. The number of carbonyl (C=O) groups is 3. The van der Waals surface area contributed by atoms with Crippen LogP contribution < -0.4 is 4.74 Å². The van der Waals surface area contributed by atoms with Crippen molar-refractivity contribution in [1.82, 2.24) is 0 Å². The second kappa shape index (κ2) is 9.95. The van der Waals surface area contributed by atoms with Crippen molar-refractivity contribution in [2.24, 2.45) is 23.2 Å². The average Bonchev–Trinajstić information content (AvgIpc) is 3.21. The maximum absolute atomic E-state index is 13.1. The molecule has 4 saturated carbocycles. The molecule has 1 heterocycles. The molecule has 1 aromatic rings. The molecule has 37 heavy (non-hydrogen) atoms. The number of carbonyl (C=O) groups excluding carboxylic acids is 3. The fourth-order valence-electron chi connectivity index (χ4n) is 7.53. The molecule has 1 saturated heterocycles. The van der Waals surface area contributed by atoms with Gasteiger partial charge < -0.3 is 18.9 Å². The second-order valence-electron chi connectivity index (χ2n) is 12.4. The van der Waals surface area contributed by atoms with Crippen LogP contribution in [0.2, 0.25) is 0 Å². The highest BCUT2D eigenvalue weighted by Gasteiger charge is 2.59. The first-order valence-electron chi connectivity index (χ1n) is 13.9. The van der Waals surface area contributed by atoms with Gasteiger partial charge in [-0.1, -0.05) is 26.0 Å². The molecule has 6 rings (SSSR count). The summed E-state index contributed by atoms with van der Waals surface area (Å²) in [6.07, 6.45) is 6.04. The highest BCUT2D eigenvalue weighted by atomic mass is 16.6. The van der Waals surface area contributed by atoms with Gasteiger partial charge in [0.1, 0.15) is 11.4 Å². The molecule has 3 atom stereocenters. The molecule has 202 valence electrons. The zero-order valence-corrected chi connectivity index (χ0v) is 22.5. The van der Waals surface area contributed by atoms with Crippen molar-refractivity contribution >= 4 is 17.9 Å². The number of hydrogen-bond donors (Lipinski definition) is 0. The van der Waals surface area contributed by atoms with E-state index in [1.54, 1.807) is 0 Å². The Balaban J connectivity index is 1.12. The Hall–Kier alpha value is -2.57. The molecule has 5 aliphatic rings. The summed E-state index contributed by atoms with van der Waals surface area (Å²) >= 11 is 0. The lowest BCUT2D eigenvalue weighted by Crippen LogP contribution is -2.57. The summed E-state index contributed by atoms with van der Waals surface area (Å²) in [5.41, 5.74) is 0.561. The van der Waals surface area contributed by atoms with Gasteiger partial charge in [-0.25, -0.2) is 14.4 Å². The Kier molecular flexibility index (Phi) is 7.01. The minimum atomic E-state index is -1.14.